The molecule has 2 aromatic heterocycles. The van der Waals surface area contributed by atoms with Gasteiger partial charge in [-0.15, -0.1) is 21.5 Å². The fourth-order valence-electron chi connectivity index (χ4n) is 3.73. The van der Waals surface area contributed by atoms with E-state index < -0.39 is 21.8 Å². The van der Waals surface area contributed by atoms with Gasteiger partial charge in [0, 0.05) is 17.0 Å². The average molecular weight is 457 g/mol. The van der Waals surface area contributed by atoms with Crippen LogP contribution in [-0.4, -0.2) is 29.2 Å². The van der Waals surface area contributed by atoms with Crippen molar-refractivity contribution in [2.24, 2.45) is 0 Å². The van der Waals surface area contributed by atoms with Gasteiger partial charge < -0.3 is 4.57 Å². The quantitative estimate of drug-likeness (QED) is 0.614. The first-order chi connectivity index (χ1) is 14.2. The lowest BCUT2D eigenvalue weighted by Gasteiger charge is -2.30. The normalized spacial score (nSPS) is 20.4. The number of rotatable bonds is 5. The Morgan fingerprint density at radius 3 is 2.57 bits per heavy atom. The highest BCUT2D eigenvalue weighted by molar-refractivity contribution is 7.89. The summed E-state index contributed by atoms with van der Waals surface area (Å²) in [7, 11) is -4.13. The van der Waals surface area contributed by atoms with Gasteiger partial charge >= 0.3 is 6.18 Å². The maximum Gasteiger partial charge on any atom is 0.416 e. The van der Waals surface area contributed by atoms with Crippen LogP contribution in [0.25, 0.3) is 10.4 Å². The molecule has 6 nitrogen and oxygen atoms in total. The fourth-order valence-corrected chi connectivity index (χ4v) is 5.80. The molecule has 2 heterocycles. The lowest BCUT2D eigenvalue weighted by atomic mass is 9.91. The van der Waals surface area contributed by atoms with Gasteiger partial charge in [0.2, 0.25) is 10.0 Å². The first-order valence-electron chi connectivity index (χ1n) is 9.35. The Kier molecular flexibility index (Phi) is 5.69. The van der Waals surface area contributed by atoms with E-state index in [1.807, 2.05) is 4.57 Å². The minimum atomic E-state index is -4.65. The van der Waals surface area contributed by atoms with E-state index in [9.17, 15) is 21.6 Å². The number of nitrogens with zero attached hydrogens (tertiary/aromatic N) is 3. The molecular weight excluding hydrogens is 437 g/mol. The van der Waals surface area contributed by atoms with Crippen LogP contribution < -0.4 is 4.72 Å². The molecule has 4 rings (SSSR count). The molecule has 1 aliphatic rings. The largest absolute Gasteiger partial charge is 0.416 e. The molecule has 30 heavy (non-hydrogen) atoms. The van der Waals surface area contributed by atoms with Crippen LogP contribution in [0.2, 0.25) is 0 Å². The van der Waals surface area contributed by atoms with Gasteiger partial charge in [-0.05, 0) is 60.9 Å². The predicted octanol–water partition coefficient (Wildman–Crippen LogP) is 4.49. The third-order valence-electron chi connectivity index (χ3n) is 5.18. The predicted molar refractivity (Wildman–Crippen MR) is 106 cm³/mol. The molecule has 0 amide bonds. The Morgan fingerprint density at radius 2 is 1.90 bits per heavy atom. The van der Waals surface area contributed by atoms with Crippen LogP contribution >= 0.6 is 11.3 Å². The third kappa shape index (κ3) is 4.57. The van der Waals surface area contributed by atoms with E-state index in [0.717, 1.165) is 18.9 Å². The summed E-state index contributed by atoms with van der Waals surface area (Å²) in [4.78, 5) is 0.190. The number of halogens is 3. The molecule has 3 aromatic rings. The molecule has 160 valence electrons. The number of hydrogen-bond acceptors (Lipinski definition) is 5. The monoisotopic (exact) mass is 456 g/mol. The Hall–Kier alpha value is -2.24. The SMILES string of the molecule is O=S(=O)(NC1CCCC(n2cnnc2)C1)c1cc(-c2cccs2)cc(C(F)(F)F)c1. The summed E-state index contributed by atoms with van der Waals surface area (Å²) in [6.07, 6.45) is 1.31. The first-order valence-corrected chi connectivity index (χ1v) is 11.7. The van der Waals surface area contributed by atoms with E-state index in [1.54, 1.807) is 30.2 Å². The lowest BCUT2D eigenvalue weighted by Crippen LogP contribution is -2.38. The molecule has 1 aliphatic carbocycles. The molecular formula is C19H19F3N4O2S2. The molecule has 2 unspecified atom stereocenters. The lowest BCUT2D eigenvalue weighted by molar-refractivity contribution is -0.137. The molecule has 1 N–H and O–H groups in total. The molecule has 0 bridgehead atoms. The van der Waals surface area contributed by atoms with Crippen molar-refractivity contribution in [2.45, 2.75) is 48.8 Å². The summed E-state index contributed by atoms with van der Waals surface area (Å²) in [5, 5.41) is 9.29. The molecule has 0 radical (unpaired) electrons. The number of nitrogens with one attached hydrogen (secondary N) is 1. The Bertz CT molecular complexity index is 1100. The van der Waals surface area contributed by atoms with Gasteiger partial charge in [-0.25, -0.2) is 13.1 Å². The second-order valence-electron chi connectivity index (χ2n) is 7.27. The Labute approximate surface area is 175 Å². The van der Waals surface area contributed by atoms with E-state index in [0.29, 0.717) is 23.8 Å². The van der Waals surface area contributed by atoms with Crippen LogP contribution in [0.5, 0.6) is 0 Å². The molecule has 1 aromatic carbocycles. The van der Waals surface area contributed by atoms with Crippen molar-refractivity contribution in [3.8, 4) is 10.4 Å². The van der Waals surface area contributed by atoms with Gasteiger partial charge in [0.25, 0.3) is 0 Å². The van der Waals surface area contributed by atoms with Crippen LogP contribution in [0.4, 0.5) is 13.2 Å². The van der Waals surface area contributed by atoms with Gasteiger partial charge in [-0.2, -0.15) is 13.2 Å². The van der Waals surface area contributed by atoms with E-state index in [2.05, 4.69) is 14.9 Å². The van der Waals surface area contributed by atoms with Crippen LogP contribution in [0.3, 0.4) is 0 Å². The minimum absolute atomic E-state index is 0.0460. The average Bonchev–Trinajstić information content (AvgIpc) is 3.41. The summed E-state index contributed by atoms with van der Waals surface area (Å²) in [5.41, 5.74) is -0.758. The number of aromatic nitrogens is 3. The Morgan fingerprint density at radius 1 is 1.13 bits per heavy atom. The highest BCUT2D eigenvalue weighted by Crippen LogP contribution is 2.36. The number of hydrogen-bond donors (Lipinski definition) is 1. The van der Waals surface area contributed by atoms with Gasteiger partial charge in [0.05, 0.1) is 10.5 Å². The zero-order chi connectivity index (χ0) is 21.4. The summed E-state index contributed by atoms with van der Waals surface area (Å²) in [6, 6.07) is 6.01. The standard InChI is InChI=1S/C19H19F3N4O2S2/c20-19(21,22)14-7-13(18-5-2-6-29-18)8-17(9-14)30(27,28)25-15-3-1-4-16(10-15)26-11-23-24-12-26/h2,5-9,11-12,15-16,25H,1,3-4,10H2. The van der Waals surface area contributed by atoms with Crippen molar-refractivity contribution in [1.29, 1.82) is 0 Å². The summed E-state index contributed by atoms with van der Waals surface area (Å²) < 4.78 is 70.7. The molecule has 0 aliphatic heterocycles. The second kappa shape index (κ2) is 8.12. The van der Waals surface area contributed by atoms with Crippen molar-refractivity contribution in [1.82, 2.24) is 19.5 Å². The van der Waals surface area contributed by atoms with Gasteiger partial charge in [0.1, 0.15) is 12.7 Å². The maximum absolute atomic E-state index is 13.4. The number of sulfonamides is 1. The third-order valence-corrected chi connectivity index (χ3v) is 7.60. The smallest absolute Gasteiger partial charge is 0.317 e. The van der Waals surface area contributed by atoms with E-state index in [-0.39, 0.29) is 22.5 Å². The molecule has 11 heteroatoms. The topological polar surface area (TPSA) is 76.9 Å². The van der Waals surface area contributed by atoms with Gasteiger partial charge in [0.15, 0.2) is 0 Å². The van der Waals surface area contributed by atoms with Crippen LogP contribution in [0.15, 0.2) is 53.3 Å². The molecule has 0 saturated heterocycles. The molecule has 1 fully saturated rings. The zero-order valence-corrected chi connectivity index (χ0v) is 17.3. The summed E-state index contributed by atoms with van der Waals surface area (Å²) >= 11 is 1.25. The fraction of sp³-hybridized carbons (Fsp3) is 0.368. The summed E-state index contributed by atoms with van der Waals surface area (Å²) in [6.45, 7) is 0. The minimum Gasteiger partial charge on any atom is -0.317 e. The number of benzene rings is 1. The van der Waals surface area contributed by atoms with Crippen molar-refractivity contribution in [3.63, 3.8) is 0 Å². The second-order valence-corrected chi connectivity index (χ2v) is 9.93. The molecule has 2 atom stereocenters. The molecule has 1 saturated carbocycles. The van der Waals surface area contributed by atoms with Crippen LogP contribution in [0, 0.1) is 0 Å². The number of thiophene rings is 1. The van der Waals surface area contributed by atoms with E-state index >= 15 is 0 Å². The Balaban J connectivity index is 1.62. The van der Waals surface area contributed by atoms with E-state index in [4.69, 9.17) is 0 Å². The van der Waals surface area contributed by atoms with Crippen molar-refractivity contribution < 1.29 is 21.6 Å². The summed E-state index contributed by atoms with van der Waals surface area (Å²) in [5.74, 6) is 0. The number of alkyl halides is 3. The highest BCUT2D eigenvalue weighted by Gasteiger charge is 2.34. The van der Waals surface area contributed by atoms with Gasteiger partial charge in [-0.3, -0.25) is 0 Å². The van der Waals surface area contributed by atoms with E-state index in [1.165, 1.54) is 17.4 Å². The first kappa shape index (κ1) is 21.0. The van der Waals surface area contributed by atoms with Crippen LogP contribution in [0.1, 0.15) is 37.3 Å². The van der Waals surface area contributed by atoms with Gasteiger partial charge in [-0.1, -0.05) is 6.07 Å². The zero-order valence-electron chi connectivity index (χ0n) is 15.7. The maximum atomic E-state index is 13.4. The van der Waals surface area contributed by atoms with Crippen molar-refractivity contribution in [3.05, 3.63) is 53.9 Å². The highest BCUT2D eigenvalue weighted by atomic mass is 32.2. The van der Waals surface area contributed by atoms with Crippen LogP contribution in [-0.2, 0) is 16.2 Å². The van der Waals surface area contributed by atoms with Crippen molar-refractivity contribution in [2.75, 3.05) is 0 Å². The molecule has 0 spiro atoms. The van der Waals surface area contributed by atoms with Crippen molar-refractivity contribution >= 4 is 21.4 Å².